The van der Waals surface area contributed by atoms with Crippen LogP contribution in [0.1, 0.15) is 26.7 Å². The van der Waals surface area contributed by atoms with Gasteiger partial charge in [-0.2, -0.15) is 0 Å². The number of hydrogen-bond acceptors (Lipinski definition) is 3. The van der Waals surface area contributed by atoms with Crippen LogP contribution in [-0.2, 0) is 9.47 Å². The fourth-order valence-electron chi connectivity index (χ4n) is 0.959. The molecule has 0 heterocycles. The maximum absolute atomic E-state index is 9.23. The molecule has 0 aliphatic rings. The average Bonchev–Trinajstić information content (AvgIpc) is 2.03. The van der Waals surface area contributed by atoms with Crippen molar-refractivity contribution in [3.63, 3.8) is 0 Å². The van der Waals surface area contributed by atoms with Gasteiger partial charge < -0.3 is 14.6 Å². The molecule has 0 aromatic heterocycles. The number of hydrogen-bond donors (Lipinski definition) is 1. The fourth-order valence-corrected chi connectivity index (χ4v) is 0.959. The molecule has 0 saturated heterocycles. The summed E-state index contributed by atoms with van der Waals surface area (Å²) in [6.45, 7) is 4.57. The molecule has 0 aliphatic carbocycles. The predicted molar refractivity (Wildman–Crippen MR) is 43.3 cm³/mol. The Morgan fingerprint density at radius 1 is 1.36 bits per heavy atom. The molecular formula is C8H18O3. The lowest BCUT2D eigenvalue weighted by Crippen LogP contribution is -2.30. The van der Waals surface area contributed by atoms with Crippen LogP contribution >= 0.6 is 0 Å². The molecule has 0 bridgehead atoms. The van der Waals surface area contributed by atoms with Crippen molar-refractivity contribution in [2.45, 2.75) is 39.1 Å². The number of rotatable bonds is 6. The molecule has 0 radical (unpaired) electrons. The molecule has 11 heavy (non-hydrogen) atoms. The molecule has 2 atom stereocenters. The Morgan fingerprint density at radius 3 is 2.36 bits per heavy atom. The largest absolute Gasteiger partial charge is 0.373 e. The van der Waals surface area contributed by atoms with E-state index < -0.39 is 6.29 Å². The summed E-state index contributed by atoms with van der Waals surface area (Å²) in [4.78, 5) is 0. The third-order valence-electron chi connectivity index (χ3n) is 1.51. The molecule has 1 N–H and O–H groups in total. The Balaban J connectivity index is 3.66. The number of methoxy groups -OCH3 is 1. The second kappa shape index (κ2) is 6.58. The van der Waals surface area contributed by atoms with E-state index in [1.807, 2.05) is 6.92 Å². The maximum Gasteiger partial charge on any atom is 0.180 e. The highest BCUT2D eigenvalue weighted by atomic mass is 16.6. The van der Waals surface area contributed by atoms with Crippen LogP contribution in [0.3, 0.4) is 0 Å². The van der Waals surface area contributed by atoms with E-state index in [1.165, 1.54) is 7.11 Å². The summed E-state index contributed by atoms with van der Waals surface area (Å²) in [6.07, 6.45) is 0.874. The monoisotopic (exact) mass is 162 g/mol. The van der Waals surface area contributed by atoms with Crippen molar-refractivity contribution in [3.8, 4) is 0 Å². The van der Waals surface area contributed by atoms with Crippen molar-refractivity contribution in [2.24, 2.45) is 0 Å². The minimum atomic E-state index is -0.782. The van der Waals surface area contributed by atoms with E-state index in [-0.39, 0.29) is 6.10 Å². The van der Waals surface area contributed by atoms with Crippen molar-refractivity contribution in [2.75, 3.05) is 13.7 Å². The summed E-state index contributed by atoms with van der Waals surface area (Å²) in [7, 11) is 1.48. The Bertz CT molecular complexity index is 79.4. The summed E-state index contributed by atoms with van der Waals surface area (Å²) in [5.74, 6) is 0. The standard InChI is InChI=1S/C8H18O3/c1-4-6-7(11-5-2)8(9)10-3/h7-9H,4-6H2,1-3H3. The highest BCUT2D eigenvalue weighted by Gasteiger charge is 2.16. The Hall–Kier alpha value is -0.120. The first-order valence-electron chi connectivity index (χ1n) is 4.08. The van der Waals surface area contributed by atoms with Gasteiger partial charge in [-0.1, -0.05) is 13.3 Å². The first-order chi connectivity index (χ1) is 5.26. The van der Waals surface area contributed by atoms with E-state index in [0.29, 0.717) is 6.61 Å². The Morgan fingerprint density at radius 2 is 2.00 bits per heavy atom. The van der Waals surface area contributed by atoms with E-state index in [9.17, 15) is 5.11 Å². The molecule has 3 heteroatoms. The summed E-state index contributed by atoms with van der Waals surface area (Å²) < 4.78 is 10.0. The van der Waals surface area contributed by atoms with Gasteiger partial charge in [0, 0.05) is 13.7 Å². The third kappa shape index (κ3) is 4.35. The normalized spacial score (nSPS) is 16.4. The van der Waals surface area contributed by atoms with Crippen LogP contribution in [0.5, 0.6) is 0 Å². The van der Waals surface area contributed by atoms with Crippen LogP contribution in [-0.4, -0.2) is 31.2 Å². The molecule has 0 aromatic carbocycles. The zero-order valence-corrected chi connectivity index (χ0v) is 7.54. The van der Waals surface area contributed by atoms with Crippen LogP contribution in [0.15, 0.2) is 0 Å². The third-order valence-corrected chi connectivity index (χ3v) is 1.51. The van der Waals surface area contributed by atoms with Gasteiger partial charge in [0.15, 0.2) is 6.29 Å². The lowest BCUT2D eigenvalue weighted by atomic mass is 10.2. The van der Waals surface area contributed by atoms with Gasteiger partial charge in [-0.05, 0) is 13.3 Å². The van der Waals surface area contributed by atoms with E-state index in [1.54, 1.807) is 0 Å². The number of ether oxygens (including phenoxy) is 2. The highest BCUT2D eigenvalue weighted by molar-refractivity contribution is 4.59. The molecule has 0 fully saturated rings. The first kappa shape index (κ1) is 10.9. The highest BCUT2D eigenvalue weighted by Crippen LogP contribution is 2.07. The molecular weight excluding hydrogens is 144 g/mol. The zero-order valence-electron chi connectivity index (χ0n) is 7.54. The molecule has 0 spiro atoms. The van der Waals surface area contributed by atoms with Crippen LogP contribution in [0, 0.1) is 0 Å². The van der Waals surface area contributed by atoms with Crippen molar-refractivity contribution in [1.29, 1.82) is 0 Å². The van der Waals surface area contributed by atoms with Gasteiger partial charge in [0.05, 0.1) is 0 Å². The van der Waals surface area contributed by atoms with E-state index in [2.05, 4.69) is 6.92 Å². The minimum Gasteiger partial charge on any atom is -0.373 e. The molecule has 2 unspecified atom stereocenters. The predicted octanol–water partition coefficient (Wildman–Crippen LogP) is 1.16. The summed E-state index contributed by atoms with van der Waals surface area (Å²) in [6, 6.07) is 0. The van der Waals surface area contributed by atoms with E-state index in [4.69, 9.17) is 9.47 Å². The van der Waals surface area contributed by atoms with Gasteiger partial charge in [0.1, 0.15) is 6.10 Å². The van der Waals surface area contributed by atoms with Crippen LogP contribution in [0.25, 0.3) is 0 Å². The number of aliphatic hydroxyl groups excluding tert-OH is 1. The van der Waals surface area contributed by atoms with Crippen molar-refractivity contribution in [3.05, 3.63) is 0 Å². The molecule has 0 saturated carbocycles. The van der Waals surface area contributed by atoms with Gasteiger partial charge in [0.25, 0.3) is 0 Å². The summed E-state index contributed by atoms with van der Waals surface area (Å²) in [5.41, 5.74) is 0. The average molecular weight is 162 g/mol. The van der Waals surface area contributed by atoms with Crippen LogP contribution in [0.4, 0.5) is 0 Å². The molecule has 0 aromatic rings. The Kier molecular flexibility index (Phi) is 6.51. The van der Waals surface area contributed by atoms with Crippen molar-refractivity contribution in [1.82, 2.24) is 0 Å². The summed E-state index contributed by atoms with van der Waals surface area (Å²) in [5, 5.41) is 9.23. The zero-order chi connectivity index (χ0) is 8.69. The maximum atomic E-state index is 9.23. The summed E-state index contributed by atoms with van der Waals surface area (Å²) >= 11 is 0. The van der Waals surface area contributed by atoms with Crippen molar-refractivity contribution >= 4 is 0 Å². The smallest absolute Gasteiger partial charge is 0.180 e. The van der Waals surface area contributed by atoms with Crippen molar-refractivity contribution < 1.29 is 14.6 Å². The minimum absolute atomic E-state index is 0.171. The van der Waals surface area contributed by atoms with Gasteiger partial charge in [-0.3, -0.25) is 0 Å². The van der Waals surface area contributed by atoms with Gasteiger partial charge in [-0.25, -0.2) is 0 Å². The fraction of sp³-hybridized carbons (Fsp3) is 1.00. The van der Waals surface area contributed by atoms with E-state index in [0.717, 1.165) is 12.8 Å². The first-order valence-corrected chi connectivity index (χ1v) is 4.08. The van der Waals surface area contributed by atoms with Crippen LogP contribution in [0.2, 0.25) is 0 Å². The molecule has 0 aliphatic heterocycles. The molecule has 3 nitrogen and oxygen atoms in total. The van der Waals surface area contributed by atoms with E-state index >= 15 is 0 Å². The second-order valence-corrected chi connectivity index (χ2v) is 2.41. The lowest BCUT2D eigenvalue weighted by molar-refractivity contribution is -0.164. The number of aliphatic hydroxyl groups is 1. The van der Waals surface area contributed by atoms with Crippen LogP contribution < -0.4 is 0 Å². The molecule has 0 rings (SSSR count). The Labute approximate surface area is 68.3 Å². The topological polar surface area (TPSA) is 38.7 Å². The quantitative estimate of drug-likeness (QED) is 0.595. The van der Waals surface area contributed by atoms with Gasteiger partial charge in [0.2, 0.25) is 0 Å². The SMILES string of the molecule is CCCC(OCC)C(O)OC. The van der Waals surface area contributed by atoms with Gasteiger partial charge >= 0.3 is 0 Å². The lowest BCUT2D eigenvalue weighted by Gasteiger charge is -2.20. The molecule has 0 amide bonds. The second-order valence-electron chi connectivity index (χ2n) is 2.41. The molecule has 68 valence electrons. The van der Waals surface area contributed by atoms with Gasteiger partial charge in [-0.15, -0.1) is 0 Å².